The van der Waals surface area contributed by atoms with E-state index in [1.54, 1.807) is 34.4 Å². The minimum Gasteiger partial charge on any atom is -0.370 e. The summed E-state index contributed by atoms with van der Waals surface area (Å²) in [5.74, 6) is 1.33. The van der Waals surface area contributed by atoms with Gasteiger partial charge in [-0.3, -0.25) is 4.79 Å². The Hall–Kier alpha value is -1.71. The lowest BCUT2D eigenvalue weighted by Gasteiger charge is -2.07. The molecule has 0 bridgehead atoms. The van der Waals surface area contributed by atoms with Gasteiger partial charge in [-0.1, -0.05) is 17.8 Å². The average molecular weight is 392 g/mol. The number of carbonyl (C=O) groups excluding carboxylic acids is 1. The van der Waals surface area contributed by atoms with Crippen LogP contribution in [0, 0.1) is 0 Å². The third kappa shape index (κ3) is 3.94. The summed E-state index contributed by atoms with van der Waals surface area (Å²) in [6.07, 6.45) is 3.16. The third-order valence-electron chi connectivity index (χ3n) is 3.88. The van der Waals surface area contributed by atoms with Crippen LogP contribution >= 0.6 is 34.4 Å². The molecule has 130 valence electrons. The van der Waals surface area contributed by atoms with Crippen molar-refractivity contribution in [3.05, 3.63) is 34.4 Å². The van der Waals surface area contributed by atoms with Crippen LogP contribution in [0.3, 0.4) is 0 Å². The molecule has 3 heterocycles. The number of thioether (sulfide) groups is 1. The van der Waals surface area contributed by atoms with Crippen LogP contribution in [0.15, 0.2) is 28.0 Å². The maximum Gasteiger partial charge on any atom is 0.217 e. The second-order valence-electron chi connectivity index (χ2n) is 5.88. The minimum atomic E-state index is -0.303. The molecule has 0 aliphatic heterocycles. The first kappa shape index (κ1) is 16.7. The predicted octanol–water partition coefficient (Wildman–Crippen LogP) is 3.51. The first-order valence-corrected chi connectivity index (χ1v) is 10.8. The first-order chi connectivity index (χ1) is 12.2. The van der Waals surface area contributed by atoms with Gasteiger partial charge in [-0.2, -0.15) is 0 Å². The second-order valence-corrected chi connectivity index (χ2v) is 8.62. The highest BCUT2D eigenvalue weighted by atomic mass is 32.2. The average Bonchev–Trinajstić information content (AvgIpc) is 3.05. The zero-order valence-corrected chi connectivity index (χ0v) is 15.9. The Morgan fingerprint density at radius 2 is 2.24 bits per heavy atom. The lowest BCUT2D eigenvalue weighted by atomic mass is 10.3. The fourth-order valence-electron chi connectivity index (χ4n) is 2.54. The van der Waals surface area contributed by atoms with E-state index in [0.29, 0.717) is 18.9 Å². The molecule has 0 spiro atoms. The summed E-state index contributed by atoms with van der Waals surface area (Å²) in [6.45, 7) is 0. The monoisotopic (exact) mass is 391 g/mol. The zero-order valence-electron chi connectivity index (χ0n) is 13.4. The van der Waals surface area contributed by atoms with Crippen molar-refractivity contribution >= 4 is 40.3 Å². The van der Waals surface area contributed by atoms with Gasteiger partial charge in [-0.25, -0.2) is 4.98 Å². The number of aromatic nitrogens is 4. The largest absolute Gasteiger partial charge is 0.370 e. The topological polar surface area (TPSA) is 86.7 Å². The number of nitrogens with two attached hydrogens (primary N) is 1. The highest BCUT2D eigenvalue weighted by Crippen LogP contribution is 2.39. The molecular weight excluding hydrogens is 374 g/mol. The van der Waals surface area contributed by atoms with E-state index in [-0.39, 0.29) is 5.91 Å². The van der Waals surface area contributed by atoms with Crippen molar-refractivity contribution in [2.45, 2.75) is 42.6 Å². The molecule has 1 aliphatic rings. The molecule has 9 heteroatoms. The molecule has 25 heavy (non-hydrogen) atoms. The summed E-state index contributed by atoms with van der Waals surface area (Å²) in [7, 11) is 0. The van der Waals surface area contributed by atoms with Crippen molar-refractivity contribution in [1.82, 2.24) is 19.7 Å². The van der Waals surface area contributed by atoms with Gasteiger partial charge >= 0.3 is 0 Å². The quantitative estimate of drug-likeness (QED) is 0.594. The van der Waals surface area contributed by atoms with Crippen molar-refractivity contribution < 1.29 is 4.79 Å². The normalized spacial score (nSPS) is 14.1. The van der Waals surface area contributed by atoms with Crippen molar-refractivity contribution in [3.8, 4) is 9.88 Å². The lowest BCUT2D eigenvalue weighted by molar-refractivity contribution is -0.118. The summed E-state index contributed by atoms with van der Waals surface area (Å²) >= 11 is 5.03. The maximum atomic E-state index is 11.0. The number of carbonyl (C=O) groups is 1. The summed E-state index contributed by atoms with van der Waals surface area (Å²) < 4.78 is 2.18. The Kier molecular flexibility index (Phi) is 4.87. The van der Waals surface area contributed by atoms with Crippen molar-refractivity contribution in [2.75, 3.05) is 0 Å². The third-order valence-corrected chi connectivity index (χ3v) is 6.78. The number of thiophene rings is 1. The van der Waals surface area contributed by atoms with Crippen LogP contribution in [0.5, 0.6) is 0 Å². The van der Waals surface area contributed by atoms with E-state index in [0.717, 1.165) is 40.3 Å². The summed E-state index contributed by atoms with van der Waals surface area (Å²) in [4.78, 5) is 17.0. The fraction of sp³-hybridized carbons (Fsp3) is 0.375. The van der Waals surface area contributed by atoms with Crippen molar-refractivity contribution in [2.24, 2.45) is 5.73 Å². The Morgan fingerprint density at radius 3 is 2.96 bits per heavy atom. The molecule has 1 saturated carbocycles. The predicted molar refractivity (Wildman–Crippen MR) is 101 cm³/mol. The van der Waals surface area contributed by atoms with E-state index in [2.05, 4.69) is 31.6 Å². The van der Waals surface area contributed by atoms with E-state index in [4.69, 9.17) is 10.7 Å². The number of rotatable bonds is 8. The number of primary amides is 1. The smallest absolute Gasteiger partial charge is 0.217 e. The van der Waals surface area contributed by atoms with Gasteiger partial charge in [-0.05, 0) is 24.3 Å². The van der Waals surface area contributed by atoms with E-state index in [1.807, 2.05) is 6.07 Å². The van der Waals surface area contributed by atoms with Crippen LogP contribution in [0.2, 0.25) is 0 Å². The molecule has 0 aromatic carbocycles. The van der Waals surface area contributed by atoms with Gasteiger partial charge in [0, 0.05) is 30.0 Å². The molecule has 2 N–H and O–H groups in total. The number of nitrogens with zero attached hydrogens (tertiary/aromatic N) is 4. The maximum absolute atomic E-state index is 11.0. The van der Waals surface area contributed by atoms with Gasteiger partial charge in [-0.15, -0.1) is 32.9 Å². The Labute approximate surface area is 157 Å². The van der Waals surface area contributed by atoms with Gasteiger partial charge in [0.2, 0.25) is 5.91 Å². The van der Waals surface area contributed by atoms with E-state index >= 15 is 0 Å². The number of amides is 1. The highest BCUT2D eigenvalue weighted by molar-refractivity contribution is 7.98. The molecule has 4 rings (SSSR count). The SMILES string of the molecule is NC(=O)CCc1nnc(SCc2csc(-c3cccs3)n2)n1C1CC1. The van der Waals surface area contributed by atoms with Gasteiger partial charge in [0.1, 0.15) is 10.8 Å². The molecule has 3 aromatic rings. The second kappa shape index (κ2) is 7.27. The molecule has 0 radical (unpaired) electrons. The zero-order chi connectivity index (χ0) is 17.2. The number of aryl methyl sites for hydroxylation is 1. The Balaban J connectivity index is 1.45. The molecule has 3 aromatic heterocycles. The van der Waals surface area contributed by atoms with Crippen LogP contribution in [0.4, 0.5) is 0 Å². The Bertz CT molecular complexity index is 866. The molecule has 0 unspecified atom stereocenters. The van der Waals surface area contributed by atoms with Gasteiger partial charge < -0.3 is 10.3 Å². The van der Waals surface area contributed by atoms with Crippen LogP contribution in [-0.2, 0) is 17.0 Å². The molecule has 1 amide bonds. The van der Waals surface area contributed by atoms with Crippen LogP contribution in [-0.4, -0.2) is 25.7 Å². The summed E-state index contributed by atoms with van der Waals surface area (Å²) in [5, 5.41) is 14.8. The van der Waals surface area contributed by atoms with E-state index in [1.165, 1.54) is 4.88 Å². The summed E-state index contributed by atoms with van der Waals surface area (Å²) in [5.41, 5.74) is 6.32. The van der Waals surface area contributed by atoms with Gasteiger partial charge in [0.25, 0.3) is 0 Å². The molecule has 0 saturated heterocycles. The molecule has 1 fully saturated rings. The van der Waals surface area contributed by atoms with E-state index < -0.39 is 0 Å². The van der Waals surface area contributed by atoms with Gasteiger partial charge in [0.15, 0.2) is 5.16 Å². The minimum absolute atomic E-state index is 0.303. The molecule has 0 atom stereocenters. The van der Waals surface area contributed by atoms with Crippen LogP contribution < -0.4 is 5.73 Å². The first-order valence-electron chi connectivity index (χ1n) is 8.04. The number of thiazole rings is 1. The number of hydrogen-bond donors (Lipinski definition) is 1. The number of hydrogen-bond acceptors (Lipinski definition) is 7. The van der Waals surface area contributed by atoms with Gasteiger partial charge in [0.05, 0.1) is 10.6 Å². The molecule has 1 aliphatic carbocycles. The van der Waals surface area contributed by atoms with Crippen LogP contribution in [0.25, 0.3) is 9.88 Å². The lowest BCUT2D eigenvalue weighted by Crippen LogP contribution is -2.13. The molecular formula is C16H17N5OS3. The fourth-order valence-corrected chi connectivity index (χ4v) is 5.19. The van der Waals surface area contributed by atoms with Crippen molar-refractivity contribution in [1.29, 1.82) is 0 Å². The standard InChI is InChI=1S/C16H17N5OS3/c17-13(22)5-6-14-19-20-16(21(14)11-3-4-11)25-9-10-8-24-15(18-10)12-2-1-7-23-12/h1-2,7-8,11H,3-6,9H2,(H2,17,22). The van der Waals surface area contributed by atoms with Crippen LogP contribution in [0.1, 0.15) is 36.8 Å². The Morgan fingerprint density at radius 1 is 1.36 bits per heavy atom. The molecule has 6 nitrogen and oxygen atoms in total. The van der Waals surface area contributed by atoms with Crippen molar-refractivity contribution in [3.63, 3.8) is 0 Å². The highest BCUT2D eigenvalue weighted by Gasteiger charge is 2.29. The summed E-state index contributed by atoms with van der Waals surface area (Å²) in [6, 6.07) is 4.61. The van der Waals surface area contributed by atoms with E-state index in [9.17, 15) is 4.79 Å².